The second kappa shape index (κ2) is 4.91. The van der Waals surface area contributed by atoms with Crippen LogP contribution in [0.5, 0.6) is 0 Å². The van der Waals surface area contributed by atoms with E-state index in [2.05, 4.69) is 9.71 Å². The second-order valence-corrected chi connectivity index (χ2v) is 5.48. The molecule has 0 amide bonds. The van der Waals surface area contributed by atoms with Gasteiger partial charge in [0.15, 0.2) is 0 Å². The van der Waals surface area contributed by atoms with Crippen LogP contribution >= 0.6 is 0 Å². The Hall–Kier alpha value is -1.66. The van der Waals surface area contributed by atoms with E-state index in [1.165, 1.54) is 6.26 Å². The lowest BCUT2D eigenvalue weighted by Crippen LogP contribution is -2.23. The Morgan fingerprint density at radius 1 is 1.39 bits per heavy atom. The highest BCUT2D eigenvalue weighted by Crippen LogP contribution is 2.28. The monoisotopic (exact) mass is 266 g/mol. The Morgan fingerprint density at radius 2 is 2.17 bits per heavy atom. The summed E-state index contributed by atoms with van der Waals surface area (Å²) in [5, 5.41) is -0.0602. The fourth-order valence-electron chi connectivity index (χ4n) is 1.69. The Labute approximate surface area is 106 Å². The van der Waals surface area contributed by atoms with Crippen LogP contribution in [0.15, 0.2) is 40.2 Å². The summed E-state index contributed by atoms with van der Waals surface area (Å²) >= 11 is 0. The summed E-state index contributed by atoms with van der Waals surface area (Å²) < 4.78 is 31.4. The first-order chi connectivity index (χ1) is 8.54. The van der Waals surface area contributed by atoms with Crippen molar-refractivity contribution in [3.8, 4) is 11.1 Å². The molecule has 0 radical (unpaired) electrons. The number of aryl methyl sites for hydroxylation is 1. The third kappa shape index (κ3) is 2.44. The van der Waals surface area contributed by atoms with Crippen molar-refractivity contribution in [2.24, 2.45) is 0 Å². The minimum absolute atomic E-state index is 0.0602. The second-order valence-electron chi connectivity index (χ2n) is 3.81. The van der Waals surface area contributed by atoms with Gasteiger partial charge in [-0.25, -0.2) is 13.1 Å². The normalized spacial score (nSPS) is 11.7. The molecule has 2 aromatic rings. The van der Waals surface area contributed by atoms with Gasteiger partial charge in [0.25, 0.3) is 10.0 Å². The number of hydrogen-bond donors (Lipinski definition) is 1. The van der Waals surface area contributed by atoms with Gasteiger partial charge < -0.3 is 4.42 Å². The van der Waals surface area contributed by atoms with Crippen molar-refractivity contribution in [1.29, 1.82) is 0 Å². The zero-order chi connectivity index (χ0) is 13.2. The molecule has 0 aliphatic carbocycles. The van der Waals surface area contributed by atoms with Gasteiger partial charge in [-0.05, 0) is 30.7 Å². The number of nitrogens with zero attached hydrogens (tertiary/aromatic N) is 1. The van der Waals surface area contributed by atoms with Gasteiger partial charge in [-0.1, -0.05) is 6.92 Å². The van der Waals surface area contributed by atoms with Crippen LogP contribution in [0.2, 0.25) is 0 Å². The quantitative estimate of drug-likeness (QED) is 0.918. The molecule has 0 spiro atoms. The molecule has 0 aliphatic heterocycles. The molecule has 2 rings (SSSR count). The Kier molecular flexibility index (Phi) is 3.49. The molecule has 2 heterocycles. The van der Waals surface area contributed by atoms with E-state index in [1.807, 2.05) is 13.0 Å². The Balaban J connectivity index is 2.52. The number of furan rings is 1. The van der Waals surface area contributed by atoms with Crippen LogP contribution in [0, 0.1) is 6.92 Å². The average Bonchev–Trinajstić information content (AvgIpc) is 2.78. The van der Waals surface area contributed by atoms with E-state index < -0.39 is 10.0 Å². The van der Waals surface area contributed by atoms with E-state index in [0.29, 0.717) is 12.1 Å². The van der Waals surface area contributed by atoms with Crippen LogP contribution in [0.4, 0.5) is 0 Å². The first kappa shape index (κ1) is 12.8. The van der Waals surface area contributed by atoms with Crippen molar-refractivity contribution < 1.29 is 12.8 Å². The zero-order valence-corrected chi connectivity index (χ0v) is 11.0. The van der Waals surface area contributed by atoms with E-state index in [1.54, 1.807) is 25.3 Å². The van der Waals surface area contributed by atoms with Crippen molar-refractivity contribution in [1.82, 2.24) is 9.71 Å². The molecule has 2 aromatic heterocycles. The van der Waals surface area contributed by atoms with Gasteiger partial charge in [-0.15, -0.1) is 0 Å². The zero-order valence-electron chi connectivity index (χ0n) is 10.2. The van der Waals surface area contributed by atoms with Gasteiger partial charge in [-0.3, -0.25) is 4.98 Å². The third-order valence-electron chi connectivity index (χ3n) is 2.42. The molecule has 0 bridgehead atoms. The van der Waals surface area contributed by atoms with Crippen LogP contribution < -0.4 is 4.72 Å². The fourth-order valence-corrected chi connectivity index (χ4v) is 2.85. The highest BCUT2D eigenvalue weighted by Gasteiger charge is 2.22. The van der Waals surface area contributed by atoms with Crippen LogP contribution in [0.25, 0.3) is 11.1 Å². The number of aromatic nitrogens is 1. The SMILES string of the molecule is CCNS(=O)(=O)c1occc1-c1ccnc(C)c1. The van der Waals surface area contributed by atoms with Gasteiger partial charge in [0.05, 0.1) is 6.26 Å². The molecule has 0 unspecified atom stereocenters. The van der Waals surface area contributed by atoms with Gasteiger partial charge >= 0.3 is 0 Å². The molecule has 96 valence electrons. The molecular formula is C12H14N2O3S. The highest BCUT2D eigenvalue weighted by atomic mass is 32.2. The summed E-state index contributed by atoms with van der Waals surface area (Å²) in [5.74, 6) is 0. The highest BCUT2D eigenvalue weighted by molar-refractivity contribution is 7.89. The molecule has 0 fully saturated rings. The smallest absolute Gasteiger partial charge is 0.274 e. The molecule has 0 aliphatic rings. The fraction of sp³-hybridized carbons (Fsp3) is 0.250. The topological polar surface area (TPSA) is 72.2 Å². The van der Waals surface area contributed by atoms with Gasteiger partial charge in [0.1, 0.15) is 0 Å². The van der Waals surface area contributed by atoms with Crippen molar-refractivity contribution in [2.45, 2.75) is 18.9 Å². The number of pyridine rings is 1. The summed E-state index contributed by atoms with van der Waals surface area (Å²) in [6.45, 7) is 3.89. The molecule has 18 heavy (non-hydrogen) atoms. The van der Waals surface area contributed by atoms with E-state index in [0.717, 1.165) is 11.3 Å². The standard InChI is InChI=1S/C12H14N2O3S/c1-3-14-18(15,16)12-11(5-7-17-12)10-4-6-13-9(2)8-10/h4-8,14H,3H2,1-2H3. The Bertz CT molecular complexity index is 647. The largest absolute Gasteiger partial charge is 0.451 e. The first-order valence-electron chi connectivity index (χ1n) is 5.55. The first-order valence-corrected chi connectivity index (χ1v) is 7.03. The van der Waals surface area contributed by atoms with Gasteiger partial charge in [-0.2, -0.15) is 0 Å². The van der Waals surface area contributed by atoms with Crippen molar-refractivity contribution in [3.05, 3.63) is 36.4 Å². The molecule has 0 aromatic carbocycles. The van der Waals surface area contributed by atoms with Crippen molar-refractivity contribution in [2.75, 3.05) is 6.54 Å². The summed E-state index contributed by atoms with van der Waals surface area (Å²) in [5.41, 5.74) is 2.13. The predicted octanol–water partition coefficient (Wildman–Crippen LogP) is 1.95. The Morgan fingerprint density at radius 3 is 2.83 bits per heavy atom. The minimum Gasteiger partial charge on any atom is -0.451 e. The molecule has 0 saturated carbocycles. The van der Waals surface area contributed by atoms with Gasteiger partial charge in [0.2, 0.25) is 5.09 Å². The van der Waals surface area contributed by atoms with Crippen LogP contribution in [0.3, 0.4) is 0 Å². The summed E-state index contributed by atoms with van der Waals surface area (Å²) in [6.07, 6.45) is 3.01. The third-order valence-corrected chi connectivity index (χ3v) is 3.89. The van der Waals surface area contributed by atoms with E-state index in [4.69, 9.17) is 4.42 Å². The molecule has 1 N–H and O–H groups in total. The molecule has 6 heteroatoms. The lowest BCUT2D eigenvalue weighted by Gasteiger charge is -2.05. The molecular weight excluding hydrogens is 252 g/mol. The maximum atomic E-state index is 12.0. The number of sulfonamides is 1. The summed E-state index contributed by atoms with van der Waals surface area (Å²) in [7, 11) is -3.60. The number of rotatable bonds is 4. The average molecular weight is 266 g/mol. The maximum Gasteiger partial charge on any atom is 0.274 e. The summed E-state index contributed by atoms with van der Waals surface area (Å²) in [6, 6.07) is 5.21. The van der Waals surface area contributed by atoms with Crippen LogP contribution in [-0.2, 0) is 10.0 Å². The van der Waals surface area contributed by atoms with E-state index in [9.17, 15) is 8.42 Å². The van der Waals surface area contributed by atoms with Gasteiger partial charge in [0, 0.05) is 24.0 Å². The lowest BCUT2D eigenvalue weighted by molar-refractivity contribution is 0.448. The van der Waals surface area contributed by atoms with Crippen LogP contribution in [-0.4, -0.2) is 19.9 Å². The van der Waals surface area contributed by atoms with E-state index >= 15 is 0 Å². The number of nitrogens with one attached hydrogen (secondary N) is 1. The maximum absolute atomic E-state index is 12.0. The van der Waals surface area contributed by atoms with E-state index in [-0.39, 0.29) is 5.09 Å². The lowest BCUT2D eigenvalue weighted by atomic mass is 10.1. The molecule has 0 saturated heterocycles. The van der Waals surface area contributed by atoms with Crippen molar-refractivity contribution in [3.63, 3.8) is 0 Å². The van der Waals surface area contributed by atoms with Crippen LogP contribution in [0.1, 0.15) is 12.6 Å². The molecule has 5 nitrogen and oxygen atoms in total. The predicted molar refractivity (Wildman–Crippen MR) is 67.5 cm³/mol. The molecule has 0 atom stereocenters. The minimum atomic E-state index is -3.60. The number of hydrogen-bond acceptors (Lipinski definition) is 4. The van der Waals surface area contributed by atoms with Crippen molar-refractivity contribution >= 4 is 10.0 Å². The summed E-state index contributed by atoms with van der Waals surface area (Å²) in [4.78, 5) is 4.08.